The van der Waals surface area contributed by atoms with Crippen LogP contribution in [0.15, 0.2) is 0 Å². The molecule has 0 aromatic carbocycles. The molecule has 0 heterocycles. The van der Waals surface area contributed by atoms with Crippen LogP contribution < -0.4 is 5.32 Å². The highest BCUT2D eigenvalue weighted by Gasteiger charge is 2.12. The molecule has 1 unspecified atom stereocenters. The van der Waals surface area contributed by atoms with Gasteiger partial charge in [-0.2, -0.15) is 0 Å². The average molecular weight is 171 g/mol. The molecular formula is C9H17NO2. The normalized spacial score (nSPS) is 12.2. The minimum atomic E-state index is -0.164. The van der Waals surface area contributed by atoms with Gasteiger partial charge in [-0.1, -0.05) is 20.8 Å². The second-order valence-corrected chi connectivity index (χ2v) is 2.97. The van der Waals surface area contributed by atoms with E-state index in [4.69, 9.17) is 0 Å². The number of hydrogen-bond acceptors (Lipinski definition) is 2. The highest BCUT2D eigenvalue weighted by atomic mass is 16.2. The van der Waals surface area contributed by atoms with Crippen molar-refractivity contribution in [2.75, 3.05) is 0 Å². The van der Waals surface area contributed by atoms with Crippen molar-refractivity contribution in [2.45, 2.75) is 40.0 Å². The predicted molar refractivity (Wildman–Crippen MR) is 47.5 cm³/mol. The zero-order valence-electron chi connectivity index (χ0n) is 8.02. The van der Waals surface area contributed by atoms with Crippen molar-refractivity contribution in [2.24, 2.45) is 5.92 Å². The highest BCUT2D eigenvalue weighted by Crippen LogP contribution is 1.99. The van der Waals surface area contributed by atoms with E-state index in [-0.39, 0.29) is 17.7 Å². The topological polar surface area (TPSA) is 46.2 Å². The molecule has 3 nitrogen and oxygen atoms in total. The van der Waals surface area contributed by atoms with Crippen LogP contribution in [0.5, 0.6) is 0 Å². The zero-order chi connectivity index (χ0) is 9.56. The van der Waals surface area contributed by atoms with Crippen LogP contribution in [0.3, 0.4) is 0 Å². The van der Waals surface area contributed by atoms with Gasteiger partial charge >= 0.3 is 0 Å². The van der Waals surface area contributed by atoms with Crippen molar-refractivity contribution >= 4 is 11.8 Å². The van der Waals surface area contributed by atoms with Gasteiger partial charge in [0.1, 0.15) is 0 Å². The van der Waals surface area contributed by atoms with Gasteiger partial charge in [0.05, 0.1) is 0 Å². The van der Waals surface area contributed by atoms with E-state index in [1.165, 1.54) is 0 Å². The third-order valence-corrected chi connectivity index (χ3v) is 1.80. The molecule has 0 rings (SSSR count). The molecule has 0 saturated heterocycles. The molecule has 0 aromatic rings. The van der Waals surface area contributed by atoms with Crippen LogP contribution in [0.2, 0.25) is 0 Å². The lowest BCUT2D eigenvalue weighted by Crippen LogP contribution is -2.34. The molecule has 0 aliphatic heterocycles. The summed E-state index contributed by atoms with van der Waals surface area (Å²) in [5.74, 6) is -0.385. The minimum Gasteiger partial charge on any atom is -0.296 e. The van der Waals surface area contributed by atoms with Gasteiger partial charge in [0, 0.05) is 12.3 Å². The van der Waals surface area contributed by atoms with Crippen LogP contribution in [0.25, 0.3) is 0 Å². The molecule has 0 aliphatic rings. The molecule has 0 aliphatic carbocycles. The summed E-state index contributed by atoms with van der Waals surface area (Å²) in [4.78, 5) is 22.1. The smallest absolute Gasteiger partial charge is 0.229 e. The van der Waals surface area contributed by atoms with Crippen molar-refractivity contribution in [1.82, 2.24) is 5.32 Å². The van der Waals surface area contributed by atoms with Gasteiger partial charge < -0.3 is 0 Å². The monoisotopic (exact) mass is 171 g/mol. The summed E-state index contributed by atoms with van der Waals surface area (Å²) in [5.41, 5.74) is 0. The number of hydrogen-bond donors (Lipinski definition) is 1. The second kappa shape index (κ2) is 5.75. The van der Waals surface area contributed by atoms with Gasteiger partial charge in [-0.15, -0.1) is 0 Å². The number of rotatable bonds is 4. The van der Waals surface area contributed by atoms with E-state index in [0.29, 0.717) is 6.42 Å². The summed E-state index contributed by atoms with van der Waals surface area (Å²) >= 11 is 0. The first-order valence-corrected chi connectivity index (χ1v) is 4.45. The first-order chi connectivity index (χ1) is 5.61. The second-order valence-electron chi connectivity index (χ2n) is 2.97. The van der Waals surface area contributed by atoms with Crippen molar-refractivity contribution in [1.29, 1.82) is 0 Å². The SMILES string of the molecule is CCCC(=O)NC(=O)C(C)CC. The van der Waals surface area contributed by atoms with Gasteiger partial charge in [0.25, 0.3) is 0 Å². The molecule has 70 valence electrons. The van der Waals surface area contributed by atoms with Crippen LogP contribution in [-0.2, 0) is 9.59 Å². The number of carbonyl (C=O) groups excluding carboxylic acids is 2. The summed E-state index contributed by atoms with van der Waals surface area (Å²) in [5, 5.41) is 2.35. The van der Waals surface area contributed by atoms with E-state index >= 15 is 0 Å². The Balaban J connectivity index is 3.76. The van der Waals surface area contributed by atoms with Crippen LogP contribution in [0.4, 0.5) is 0 Å². The fraction of sp³-hybridized carbons (Fsp3) is 0.778. The van der Waals surface area contributed by atoms with Gasteiger partial charge in [0.15, 0.2) is 0 Å². The van der Waals surface area contributed by atoms with Gasteiger partial charge in [0.2, 0.25) is 11.8 Å². The summed E-state index contributed by atoms with van der Waals surface area (Å²) in [7, 11) is 0. The molecule has 0 radical (unpaired) electrons. The predicted octanol–water partition coefficient (Wildman–Crippen LogP) is 1.48. The Bertz CT molecular complexity index is 166. The molecular weight excluding hydrogens is 154 g/mol. The third kappa shape index (κ3) is 4.11. The standard InChI is InChI=1S/C9H17NO2/c1-4-6-8(11)10-9(12)7(3)5-2/h7H,4-6H2,1-3H3,(H,10,11,12). The Kier molecular flexibility index (Phi) is 5.34. The maximum Gasteiger partial charge on any atom is 0.229 e. The van der Waals surface area contributed by atoms with Gasteiger partial charge in [-0.05, 0) is 12.8 Å². The quantitative estimate of drug-likeness (QED) is 0.696. The maximum absolute atomic E-state index is 11.1. The first-order valence-electron chi connectivity index (χ1n) is 4.45. The number of carbonyl (C=O) groups is 2. The summed E-state index contributed by atoms with van der Waals surface area (Å²) in [6.07, 6.45) is 1.98. The number of nitrogens with one attached hydrogen (secondary N) is 1. The van der Waals surface area contributed by atoms with Crippen molar-refractivity contribution in [3.8, 4) is 0 Å². The Morgan fingerprint density at radius 1 is 1.33 bits per heavy atom. The lowest BCUT2D eigenvalue weighted by atomic mass is 10.1. The molecule has 0 bridgehead atoms. The van der Waals surface area contributed by atoms with Crippen LogP contribution >= 0.6 is 0 Å². The van der Waals surface area contributed by atoms with Crippen molar-refractivity contribution in [3.63, 3.8) is 0 Å². The van der Waals surface area contributed by atoms with Crippen molar-refractivity contribution in [3.05, 3.63) is 0 Å². The highest BCUT2D eigenvalue weighted by molar-refractivity contribution is 5.95. The molecule has 1 atom stereocenters. The summed E-state index contributed by atoms with van der Waals surface area (Å²) in [6.45, 7) is 5.65. The molecule has 0 saturated carbocycles. The fourth-order valence-corrected chi connectivity index (χ4v) is 0.736. The Morgan fingerprint density at radius 2 is 1.92 bits per heavy atom. The molecule has 1 N–H and O–H groups in total. The lowest BCUT2D eigenvalue weighted by molar-refractivity contribution is -0.132. The average Bonchev–Trinajstić information content (AvgIpc) is 2.03. The summed E-state index contributed by atoms with van der Waals surface area (Å²) < 4.78 is 0. The van der Waals surface area contributed by atoms with E-state index in [0.717, 1.165) is 12.8 Å². The lowest BCUT2D eigenvalue weighted by Gasteiger charge is -2.07. The molecule has 12 heavy (non-hydrogen) atoms. The summed E-state index contributed by atoms with van der Waals surface area (Å²) in [6, 6.07) is 0. The van der Waals surface area contributed by atoms with Crippen LogP contribution in [0.1, 0.15) is 40.0 Å². The molecule has 2 amide bonds. The number of amides is 2. The maximum atomic E-state index is 11.1. The minimum absolute atomic E-state index is 0.0641. The molecule has 3 heteroatoms. The molecule has 0 spiro atoms. The first kappa shape index (κ1) is 11.1. The van der Waals surface area contributed by atoms with E-state index in [9.17, 15) is 9.59 Å². The largest absolute Gasteiger partial charge is 0.296 e. The van der Waals surface area contributed by atoms with E-state index < -0.39 is 0 Å². The number of imide groups is 1. The molecule has 0 aromatic heterocycles. The van der Waals surface area contributed by atoms with Crippen LogP contribution in [-0.4, -0.2) is 11.8 Å². The molecule has 0 fully saturated rings. The van der Waals surface area contributed by atoms with Crippen LogP contribution in [0, 0.1) is 5.92 Å². The third-order valence-electron chi connectivity index (χ3n) is 1.80. The Morgan fingerprint density at radius 3 is 2.33 bits per heavy atom. The van der Waals surface area contributed by atoms with Gasteiger partial charge in [-0.25, -0.2) is 0 Å². The van der Waals surface area contributed by atoms with E-state index in [1.807, 2.05) is 20.8 Å². The van der Waals surface area contributed by atoms with E-state index in [2.05, 4.69) is 5.32 Å². The Labute approximate surface area is 73.5 Å². The van der Waals surface area contributed by atoms with Gasteiger partial charge in [-0.3, -0.25) is 14.9 Å². The Hall–Kier alpha value is -0.860. The zero-order valence-corrected chi connectivity index (χ0v) is 8.02. The van der Waals surface area contributed by atoms with E-state index in [1.54, 1.807) is 0 Å². The fourth-order valence-electron chi connectivity index (χ4n) is 0.736. The van der Waals surface area contributed by atoms with Crippen molar-refractivity contribution < 1.29 is 9.59 Å².